The summed E-state index contributed by atoms with van der Waals surface area (Å²) in [6, 6.07) is 0. The summed E-state index contributed by atoms with van der Waals surface area (Å²) in [6.45, 7) is -0.426. The number of aliphatic hydroxyl groups excluding tert-OH is 3. The number of ether oxygens (including phenoxy) is 1. The number of fused-ring (bicyclic) bond motifs is 1. The Morgan fingerprint density at radius 1 is 1.29 bits per heavy atom. The molecule has 0 aliphatic carbocycles. The molecule has 3 heterocycles. The van der Waals surface area contributed by atoms with Crippen LogP contribution in [0.2, 0.25) is 0 Å². The van der Waals surface area contributed by atoms with E-state index in [1.54, 1.807) is 0 Å². The number of nitrogen functional groups attached to an aromatic ring is 1. The lowest BCUT2D eigenvalue weighted by Gasteiger charge is -2.17. The number of hydrogen-bond acceptors (Lipinski definition) is 8. The summed E-state index contributed by atoms with van der Waals surface area (Å²) in [5, 5.41) is 29.1. The highest BCUT2D eigenvalue weighted by atomic mass is 32.1. The number of hydrogen-bond donors (Lipinski definition) is 6. The van der Waals surface area contributed by atoms with Crippen molar-refractivity contribution in [3.8, 4) is 0 Å². The van der Waals surface area contributed by atoms with E-state index in [1.807, 2.05) is 0 Å². The third-order valence-electron chi connectivity index (χ3n) is 3.38. The molecule has 114 valence electrons. The lowest BCUT2D eigenvalue weighted by molar-refractivity contribution is -0.0516. The summed E-state index contributed by atoms with van der Waals surface area (Å²) >= 11 is 10.3. The molecule has 1 aliphatic rings. The highest BCUT2D eigenvalue weighted by molar-refractivity contribution is 7.71. The maximum atomic E-state index is 10.1. The van der Waals surface area contributed by atoms with Crippen molar-refractivity contribution in [3.05, 3.63) is 9.41 Å². The predicted octanol–water partition coefficient (Wildman–Crippen LogP) is -0.655. The van der Waals surface area contributed by atoms with Crippen LogP contribution in [-0.2, 0) is 4.74 Å². The Morgan fingerprint density at radius 3 is 2.62 bits per heavy atom. The van der Waals surface area contributed by atoms with E-state index in [0.717, 1.165) is 0 Å². The summed E-state index contributed by atoms with van der Waals surface area (Å²) in [7, 11) is 0. The minimum Gasteiger partial charge on any atom is -0.394 e. The zero-order valence-electron chi connectivity index (χ0n) is 10.6. The first-order chi connectivity index (χ1) is 9.93. The first-order valence-corrected chi connectivity index (χ1v) is 6.88. The summed E-state index contributed by atoms with van der Waals surface area (Å²) < 4.78 is 7.32. The molecule has 2 aromatic rings. The number of nitrogens with one attached hydrogen (secondary N) is 2. The first kappa shape index (κ1) is 14.6. The van der Waals surface area contributed by atoms with Crippen molar-refractivity contribution in [1.82, 2.24) is 19.5 Å². The molecule has 7 N–H and O–H groups in total. The SMILES string of the molecule is Nc1nc(=S)c2[nH]c(=S)n(C3OC(CO)C(O)C3O)c2[nH]1. The largest absolute Gasteiger partial charge is 0.394 e. The van der Waals surface area contributed by atoms with Gasteiger partial charge in [-0.3, -0.25) is 4.57 Å². The topological polar surface area (TPSA) is 145 Å². The van der Waals surface area contributed by atoms with Gasteiger partial charge in [0.2, 0.25) is 0 Å². The van der Waals surface area contributed by atoms with Crippen LogP contribution in [0.3, 0.4) is 0 Å². The Morgan fingerprint density at radius 2 is 2.00 bits per heavy atom. The van der Waals surface area contributed by atoms with Crippen LogP contribution in [0.5, 0.6) is 0 Å². The maximum absolute atomic E-state index is 10.1. The van der Waals surface area contributed by atoms with Gasteiger partial charge in [0.05, 0.1) is 6.61 Å². The monoisotopic (exact) mass is 331 g/mol. The zero-order valence-corrected chi connectivity index (χ0v) is 12.2. The fraction of sp³-hybridized carbons (Fsp3) is 0.500. The highest BCUT2D eigenvalue weighted by Crippen LogP contribution is 2.31. The molecule has 4 unspecified atom stereocenters. The molecule has 0 bridgehead atoms. The van der Waals surface area contributed by atoms with Crippen LogP contribution in [0, 0.1) is 9.41 Å². The fourth-order valence-corrected chi connectivity index (χ4v) is 2.92. The molecule has 11 heteroatoms. The van der Waals surface area contributed by atoms with Crippen molar-refractivity contribution < 1.29 is 20.1 Å². The van der Waals surface area contributed by atoms with Crippen molar-refractivity contribution in [1.29, 1.82) is 0 Å². The Kier molecular flexibility index (Phi) is 3.55. The van der Waals surface area contributed by atoms with Crippen LogP contribution in [0.1, 0.15) is 6.23 Å². The highest BCUT2D eigenvalue weighted by Gasteiger charge is 2.44. The maximum Gasteiger partial charge on any atom is 0.200 e. The van der Waals surface area contributed by atoms with Crippen molar-refractivity contribution in [3.63, 3.8) is 0 Å². The van der Waals surface area contributed by atoms with Gasteiger partial charge in [-0.25, -0.2) is 4.98 Å². The second-order valence-corrected chi connectivity index (χ2v) is 5.45. The molecule has 0 radical (unpaired) electrons. The van der Waals surface area contributed by atoms with Gasteiger partial charge in [0, 0.05) is 0 Å². The van der Waals surface area contributed by atoms with Gasteiger partial charge < -0.3 is 35.8 Å². The van der Waals surface area contributed by atoms with Gasteiger partial charge in [0.1, 0.15) is 29.5 Å². The van der Waals surface area contributed by atoms with E-state index >= 15 is 0 Å². The van der Waals surface area contributed by atoms with Crippen molar-refractivity contribution in [2.45, 2.75) is 24.5 Å². The van der Waals surface area contributed by atoms with E-state index in [1.165, 1.54) is 4.57 Å². The van der Waals surface area contributed by atoms with Crippen LogP contribution in [0.15, 0.2) is 0 Å². The van der Waals surface area contributed by atoms with Crippen LogP contribution in [-0.4, -0.2) is 59.8 Å². The Balaban J connectivity index is 2.20. The number of nitrogens with two attached hydrogens (primary N) is 1. The van der Waals surface area contributed by atoms with Gasteiger partial charge in [-0.2, -0.15) is 0 Å². The number of rotatable bonds is 2. The normalized spacial score (nSPS) is 29.3. The number of aromatic nitrogens is 4. The molecule has 4 atom stereocenters. The fourth-order valence-electron chi connectivity index (χ4n) is 2.38. The van der Waals surface area contributed by atoms with Crippen LogP contribution < -0.4 is 5.73 Å². The Labute approximate surface area is 128 Å². The lowest BCUT2D eigenvalue weighted by atomic mass is 10.1. The molecule has 2 aromatic heterocycles. The molecule has 0 amide bonds. The molecule has 1 aliphatic heterocycles. The molecular weight excluding hydrogens is 318 g/mol. The Bertz CT molecular complexity index is 799. The third-order valence-corrected chi connectivity index (χ3v) is 3.98. The molecule has 1 fully saturated rings. The van der Waals surface area contributed by atoms with Crippen LogP contribution >= 0.6 is 24.4 Å². The molecular formula is C10H13N5O4S2. The molecule has 3 rings (SSSR count). The van der Waals surface area contributed by atoms with Crippen LogP contribution in [0.4, 0.5) is 5.95 Å². The van der Waals surface area contributed by atoms with Gasteiger partial charge in [-0.1, -0.05) is 12.2 Å². The first-order valence-electron chi connectivity index (χ1n) is 6.06. The smallest absolute Gasteiger partial charge is 0.200 e. The number of nitrogens with zero attached hydrogens (tertiary/aromatic N) is 2. The van der Waals surface area contributed by atoms with Gasteiger partial charge in [0.15, 0.2) is 21.6 Å². The average Bonchev–Trinajstić information content (AvgIpc) is 2.89. The van der Waals surface area contributed by atoms with Crippen molar-refractivity contribution >= 4 is 41.5 Å². The summed E-state index contributed by atoms with van der Waals surface area (Å²) in [5.41, 5.74) is 6.47. The number of imidazole rings is 1. The van der Waals surface area contributed by atoms with Crippen molar-refractivity contribution in [2.75, 3.05) is 12.3 Å². The van der Waals surface area contributed by atoms with E-state index in [2.05, 4.69) is 15.0 Å². The van der Waals surface area contributed by atoms with E-state index in [-0.39, 0.29) is 15.4 Å². The predicted molar refractivity (Wildman–Crippen MR) is 77.5 cm³/mol. The van der Waals surface area contributed by atoms with Gasteiger partial charge in [-0.15, -0.1) is 0 Å². The number of anilines is 1. The number of aromatic amines is 2. The summed E-state index contributed by atoms with van der Waals surface area (Å²) in [5.74, 6) is 0.0852. The minimum absolute atomic E-state index is 0.0852. The quantitative estimate of drug-likeness (QED) is 0.398. The Hall–Kier alpha value is -1.37. The lowest BCUT2D eigenvalue weighted by Crippen LogP contribution is -2.33. The second kappa shape index (κ2) is 5.12. The molecule has 21 heavy (non-hydrogen) atoms. The van der Waals surface area contributed by atoms with E-state index in [0.29, 0.717) is 11.2 Å². The van der Waals surface area contributed by atoms with Crippen LogP contribution in [0.25, 0.3) is 11.2 Å². The molecule has 1 saturated heterocycles. The zero-order chi connectivity index (χ0) is 15.3. The van der Waals surface area contributed by atoms with E-state index < -0.39 is 31.1 Å². The van der Waals surface area contributed by atoms with Gasteiger partial charge >= 0.3 is 0 Å². The van der Waals surface area contributed by atoms with Crippen molar-refractivity contribution in [2.24, 2.45) is 0 Å². The number of H-pyrrole nitrogens is 2. The van der Waals surface area contributed by atoms with E-state index in [4.69, 9.17) is 40.0 Å². The minimum atomic E-state index is -1.26. The summed E-state index contributed by atoms with van der Waals surface area (Å²) in [6.07, 6.45) is -4.37. The van der Waals surface area contributed by atoms with Gasteiger partial charge in [-0.05, 0) is 12.2 Å². The molecule has 0 saturated carbocycles. The second-order valence-electron chi connectivity index (χ2n) is 4.68. The molecule has 0 spiro atoms. The summed E-state index contributed by atoms with van der Waals surface area (Å²) in [4.78, 5) is 9.55. The molecule has 0 aromatic carbocycles. The third kappa shape index (κ3) is 2.18. The van der Waals surface area contributed by atoms with Gasteiger partial charge in [0.25, 0.3) is 0 Å². The average molecular weight is 331 g/mol. The molecule has 9 nitrogen and oxygen atoms in total. The van der Waals surface area contributed by atoms with E-state index in [9.17, 15) is 10.2 Å². The number of aliphatic hydroxyl groups is 3. The standard InChI is InChI=1S/C10H13N5O4S2/c11-9-13-6-3(7(20)14-9)12-10(21)15(6)8-5(18)4(17)2(1-16)19-8/h2,4-5,8,16-18H,1H2,(H,12,21)(H3,11,13,14,20).